The van der Waals surface area contributed by atoms with Gasteiger partial charge in [-0.3, -0.25) is 4.79 Å². The highest BCUT2D eigenvalue weighted by Crippen LogP contribution is 2.26. The first kappa shape index (κ1) is 13.9. The van der Waals surface area contributed by atoms with Gasteiger partial charge >= 0.3 is 5.97 Å². The predicted molar refractivity (Wildman–Crippen MR) is 77.3 cm³/mol. The molecular weight excluding hydrogens is 258 g/mol. The number of carbonyl (C=O) groups is 1. The van der Waals surface area contributed by atoms with Gasteiger partial charge in [-0.25, -0.2) is 4.79 Å². The zero-order valence-corrected chi connectivity index (χ0v) is 11.5. The van der Waals surface area contributed by atoms with Crippen LogP contribution in [0.3, 0.4) is 0 Å². The number of H-pyrrole nitrogens is 1. The molecule has 0 fully saturated rings. The minimum absolute atomic E-state index is 0.305. The first-order chi connectivity index (χ1) is 9.43. The number of aromatic amines is 1. The van der Waals surface area contributed by atoms with E-state index >= 15 is 0 Å². The zero-order valence-electron chi connectivity index (χ0n) is 11.5. The molecule has 0 aliphatic carbocycles. The van der Waals surface area contributed by atoms with Crippen LogP contribution in [0.15, 0.2) is 23.0 Å². The van der Waals surface area contributed by atoms with E-state index in [1.54, 1.807) is 14.0 Å². The first-order valence-electron chi connectivity index (χ1n) is 6.06. The van der Waals surface area contributed by atoms with Crippen LogP contribution in [-0.2, 0) is 4.79 Å². The zero-order chi connectivity index (χ0) is 14.9. The lowest BCUT2D eigenvalue weighted by Gasteiger charge is -2.10. The van der Waals surface area contributed by atoms with Crippen molar-refractivity contribution >= 4 is 22.9 Å². The molecule has 0 saturated heterocycles. The molecule has 0 saturated carbocycles. The summed E-state index contributed by atoms with van der Waals surface area (Å²) in [6.07, 6.45) is 2.27. The number of aromatic nitrogens is 1. The second-order valence-corrected chi connectivity index (χ2v) is 4.53. The van der Waals surface area contributed by atoms with Crippen molar-refractivity contribution in [1.82, 2.24) is 4.98 Å². The summed E-state index contributed by atoms with van der Waals surface area (Å²) in [5.74, 6) is -0.399. The molecule has 1 aromatic carbocycles. The van der Waals surface area contributed by atoms with E-state index in [2.05, 4.69) is 4.98 Å². The summed E-state index contributed by atoms with van der Waals surface area (Å²) in [6, 6.07) is 3.66. The van der Waals surface area contributed by atoms with Crippen molar-refractivity contribution in [3.63, 3.8) is 0 Å². The maximum absolute atomic E-state index is 12.0. The lowest BCUT2D eigenvalue weighted by molar-refractivity contribution is -0.131. The van der Waals surface area contributed by atoms with E-state index in [1.807, 2.05) is 19.1 Å². The molecule has 2 N–H and O–H groups in total. The number of carboxylic acids is 1. The van der Waals surface area contributed by atoms with Gasteiger partial charge < -0.3 is 14.8 Å². The van der Waals surface area contributed by atoms with Gasteiger partial charge in [-0.15, -0.1) is 0 Å². The predicted octanol–water partition coefficient (Wildman–Crippen LogP) is 2.25. The van der Waals surface area contributed by atoms with Gasteiger partial charge in [0.05, 0.1) is 12.6 Å². The lowest BCUT2D eigenvalue weighted by Crippen LogP contribution is -2.12. The van der Waals surface area contributed by atoms with E-state index in [4.69, 9.17) is 9.84 Å². The van der Waals surface area contributed by atoms with Gasteiger partial charge in [0.15, 0.2) is 0 Å². The number of nitrogens with one attached hydrogen (secondary N) is 1. The number of carboxylic acid groups (broad SMARTS) is 1. The lowest BCUT2D eigenvalue weighted by atomic mass is 10.0. The second-order valence-electron chi connectivity index (χ2n) is 4.53. The third-order valence-corrected chi connectivity index (χ3v) is 3.23. The fourth-order valence-electron chi connectivity index (χ4n) is 2.19. The SMILES string of the molecule is COc1cc(C)c2[nH]c(=O)c(/C=C/C(=O)O)c(C)c2c1. The molecule has 0 aliphatic heterocycles. The molecule has 2 aromatic rings. The fourth-order valence-corrected chi connectivity index (χ4v) is 2.19. The average molecular weight is 273 g/mol. The quantitative estimate of drug-likeness (QED) is 0.841. The largest absolute Gasteiger partial charge is 0.497 e. The molecular formula is C15H15NO4. The number of hydrogen-bond donors (Lipinski definition) is 2. The Morgan fingerprint density at radius 2 is 2.05 bits per heavy atom. The maximum atomic E-state index is 12.0. The van der Waals surface area contributed by atoms with Crippen molar-refractivity contribution in [1.29, 1.82) is 0 Å². The number of benzene rings is 1. The molecule has 0 radical (unpaired) electrons. The topological polar surface area (TPSA) is 79.4 Å². The van der Waals surface area contributed by atoms with Crippen molar-refractivity contribution in [2.45, 2.75) is 13.8 Å². The van der Waals surface area contributed by atoms with Crippen molar-refractivity contribution in [2.75, 3.05) is 7.11 Å². The van der Waals surface area contributed by atoms with Gasteiger partial charge in [0.2, 0.25) is 0 Å². The molecule has 5 nitrogen and oxygen atoms in total. The Kier molecular flexibility index (Phi) is 3.61. The Bertz CT molecular complexity index is 772. The number of fused-ring (bicyclic) bond motifs is 1. The van der Waals surface area contributed by atoms with Crippen molar-refractivity contribution in [3.8, 4) is 5.75 Å². The minimum Gasteiger partial charge on any atom is -0.497 e. The molecule has 104 valence electrons. The minimum atomic E-state index is -1.09. The van der Waals surface area contributed by atoms with E-state index in [0.717, 1.165) is 28.1 Å². The van der Waals surface area contributed by atoms with Crippen LogP contribution in [0.4, 0.5) is 0 Å². The van der Waals surface area contributed by atoms with Gasteiger partial charge in [0.25, 0.3) is 5.56 Å². The molecule has 0 spiro atoms. The van der Waals surface area contributed by atoms with Gasteiger partial charge in [-0.1, -0.05) is 0 Å². The van der Waals surface area contributed by atoms with Crippen LogP contribution in [0.25, 0.3) is 17.0 Å². The summed E-state index contributed by atoms with van der Waals surface area (Å²) < 4.78 is 5.22. The van der Waals surface area contributed by atoms with Gasteiger partial charge in [-0.2, -0.15) is 0 Å². The van der Waals surface area contributed by atoms with Crippen LogP contribution in [0.1, 0.15) is 16.7 Å². The van der Waals surface area contributed by atoms with Gasteiger partial charge in [0.1, 0.15) is 5.75 Å². The Hall–Kier alpha value is -2.56. The molecule has 0 aliphatic rings. The van der Waals surface area contributed by atoms with E-state index in [0.29, 0.717) is 11.3 Å². The van der Waals surface area contributed by atoms with Gasteiger partial charge in [0, 0.05) is 17.0 Å². The summed E-state index contributed by atoms with van der Waals surface area (Å²) in [6.45, 7) is 3.67. The third-order valence-electron chi connectivity index (χ3n) is 3.23. The van der Waals surface area contributed by atoms with Crippen LogP contribution in [-0.4, -0.2) is 23.2 Å². The Morgan fingerprint density at radius 3 is 2.65 bits per heavy atom. The molecule has 0 atom stereocenters. The van der Waals surface area contributed by atoms with Crippen molar-refractivity contribution in [3.05, 3.63) is 45.3 Å². The number of pyridine rings is 1. The Morgan fingerprint density at radius 1 is 1.35 bits per heavy atom. The standard InChI is InChI=1S/C15H15NO4/c1-8-6-10(20-3)7-12-9(2)11(4-5-13(17)18)15(19)16-14(8)12/h4-7H,1-3H3,(H,16,19)(H,17,18)/b5-4+. The third kappa shape index (κ3) is 2.42. The Labute approximate surface area is 115 Å². The average Bonchev–Trinajstić information content (AvgIpc) is 2.39. The normalized spacial score (nSPS) is 11.2. The number of rotatable bonds is 3. The summed E-state index contributed by atoms with van der Waals surface area (Å²) in [7, 11) is 1.58. The van der Waals surface area contributed by atoms with Crippen LogP contribution < -0.4 is 10.3 Å². The summed E-state index contributed by atoms with van der Waals surface area (Å²) in [5, 5.41) is 9.52. The molecule has 2 rings (SSSR count). The fraction of sp³-hybridized carbons (Fsp3) is 0.200. The van der Waals surface area contributed by atoms with Gasteiger partial charge in [-0.05, 0) is 43.2 Å². The highest BCUT2D eigenvalue weighted by molar-refractivity contribution is 5.91. The number of hydrogen-bond acceptors (Lipinski definition) is 3. The number of aliphatic carboxylic acids is 1. The van der Waals surface area contributed by atoms with Crippen molar-refractivity contribution in [2.24, 2.45) is 0 Å². The van der Waals surface area contributed by atoms with E-state index in [9.17, 15) is 9.59 Å². The maximum Gasteiger partial charge on any atom is 0.328 e. The van der Waals surface area contributed by atoms with Crippen LogP contribution >= 0.6 is 0 Å². The summed E-state index contributed by atoms with van der Waals surface area (Å²) in [4.78, 5) is 25.4. The van der Waals surface area contributed by atoms with E-state index < -0.39 is 5.97 Å². The molecule has 0 amide bonds. The molecule has 5 heteroatoms. The molecule has 1 heterocycles. The van der Waals surface area contributed by atoms with Crippen LogP contribution in [0, 0.1) is 13.8 Å². The van der Waals surface area contributed by atoms with E-state index in [-0.39, 0.29) is 5.56 Å². The number of ether oxygens (including phenoxy) is 1. The molecule has 20 heavy (non-hydrogen) atoms. The first-order valence-corrected chi connectivity index (χ1v) is 6.06. The summed E-state index contributed by atoms with van der Waals surface area (Å²) >= 11 is 0. The second kappa shape index (κ2) is 5.21. The monoisotopic (exact) mass is 273 g/mol. The van der Waals surface area contributed by atoms with E-state index in [1.165, 1.54) is 6.08 Å². The molecule has 0 unspecified atom stereocenters. The number of aryl methyl sites for hydroxylation is 2. The molecule has 0 bridgehead atoms. The van der Waals surface area contributed by atoms with Crippen LogP contribution in [0.5, 0.6) is 5.75 Å². The highest BCUT2D eigenvalue weighted by Gasteiger charge is 2.10. The Balaban J connectivity index is 2.80. The highest BCUT2D eigenvalue weighted by atomic mass is 16.5. The van der Waals surface area contributed by atoms with Crippen molar-refractivity contribution < 1.29 is 14.6 Å². The summed E-state index contributed by atoms with van der Waals surface area (Å²) in [5.41, 5.74) is 2.39. The number of methoxy groups -OCH3 is 1. The van der Waals surface area contributed by atoms with Crippen LogP contribution in [0.2, 0.25) is 0 Å². The molecule has 1 aromatic heterocycles. The smallest absolute Gasteiger partial charge is 0.328 e.